The maximum Gasteiger partial charge on any atom is 0.266 e. The fourth-order valence-electron chi connectivity index (χ4n) is 1.94. The first kappa shape index (κ1) is 13.1. The van der Waals surface area contributed by atoms with Crippen molar-refractivity contribution in [3.63, 3.8) is 0 Å². The molecule has 2 heterocycles. The van der Waals surface area contributed by atoms with Crippen molar-refractivity contribution in [2.24, 2.45) is 5.41 Å². The molecule has 0 unspecified atom stereocenters. The first-order chi connectivity index (χ1) is 8.47. The van der Waals surface area contributed by atoms with Gasteiger partial charge in [0.05, 0.1) is 6.42 Å². The van der Waals surface area contributed by atoms with Crippen LogP contribution in [0.2, 0.25) is 0 Å². The zero-order valence-corrected chi connectivity index (χ0v) is 11.4. The van der Waals surface area contributed by atoms with E-state index in [2.05, 4.69) is 15.0 Å². The largest absolute Gasteiger partial charge is 0.338 e. The lowest BCUT2D eigenvalue weighted by atomic mass is 9.89. The Morgan fingerprint density at radius 1 is 1.28 bits per heavy atom. The van der Waals surface area contributed by atoms with Gasteiger partial charge in [-0.3, -0.25) is 4.79 Å². The van der Waals surface area contributed by atoms with E-state index in [9.17, 15) is 4.79 Å². The summed E-state index contributed by atoms with van der Waals surface area (Å²) in [5.74, 6) is 1.18. The van der Waals surface area contributed by atoms with Gasteiger partial charge in [0, 0.05) is 18.5 Å². The third-order valence-electron chi connectivity index (χ3n) is 3.24. The van der Waals surface area contributed by atoms with E-state index in [4.69, 9.17) is 4.52 Å². The van der Waals surface area contributed by atoms with Gasteiger partial charge in [-0.05, 0) is 24.4 Å². The summed E-state index contributed by atoms with van der Waals surface area (Å²) in [6, 6.07) is 0. The van der Waals surface area contributed by atoms with Crippen molar-refractivity contribution in [3.8, 4) is 0 Å². The second kappa shape index (κ2) is 5.08. The minimum atomic E-state index is -0.361. The van der Waals surface area contributed by atoms with Crippen LogP contribution in [-0.2, 0) is 11.2 Å². The topological polar surface area (TPSA) is 59.2 Å². The van der Waals surface area contributed by atoms with Gasteiger partial charge in [-0.15, -0.1) is 0 Å². The van der Waals surface area contributed by atoms with Gasteiger partial charge < -0.3 is 9.42 Å². The molecule has 0 atom stereocenters. The molecule has 1 aromatic rings. The van der Waals surface area contributed by atoms with Crippen molar-refractivity contribution in [3.05, 3.63) is 5.89 Å². The lowest BCUT2D eigenvalue weighted by molar-refractivity contribution is -0.125. The quantitative estimate of drug-likeness (QED) is 0.824. The van der Waals surface area contributed by atoms with Crippen molar-refractivity contribution >= 4 is 11.7 Å². The van der Waals surface area contributed by atoms with E-state index in [1.165, 1.54) is 19.3 Å². The summed E-state index contributed by atoms with van der Waals surface area (Å²) in [5, 5.41) is 3.96. The zero-order valence-electron chi connectivity index (χ0n) is 11.4. The Morgan fingerprint density at radius 3 is 2.56 bits per heavy atom. The van der Waals surface area contributed by atoms with Crippen LogP contribution in [0.15, 0.2) is 4.52 Å². The van der Waals surface area contributed by atoms with E-state index < -0.39 is 0 Å². The van der Waals surface area contributed by atoms with Gasteiger partial charge in [-0.2, -0.15) is 4.98 Å². The maximum atomic E-state index is 11.9. The molecular weight excluding hydrogens is 230 g/mol. The van der Waals surface area contributed by atoms with Gasteiger partial charge in [-0.1, -0.05) is 20.8 Å². The molecule has 0 aliphatic carbocycles. The smallest absolute Gasteiger partial charge is 0.266 e. The summed E-state index contributed by atoms with van der Waals surface area (Å²) in [6.07, 6.45) is 3.84. The Morgan fingerprint density at radius 2 is 1.94 bits per heavy atom. The van der Waals surface area contributed by atoms with E-state index in [1.807, 2.05) is 20.8 Å². The van der Waals surface area contributed by atoms with Crippen LogP contribution in [0.1, 0.15) is 45.9 Å². The van der Waals surface area contributed by atoms with Crippen molar-refractivity contribution < 1.29 is 9.32 Å². The molecule has 0 aromatic carbocycles. The third kappa shape index (κ3) is 3.09. The molecule has 5 nitrogen and oxygen atoms in total. The molecular formula is C13H21N3O2. The monoisotopic (exact) mass is 251 g/mol. The van der Waals surface area contributed by atoms with E-state index in [0.717, 1.165) is 13.1 Å². The summed E-state index contributed by atoms with van der Waals surface area (Å²) in [4.78, 5) is 18.3. The van der Waals surface area contributed by atoms with Gasteiger partial charge in [0.15, 0.2) is 0 Å². The number of anilines is 1. The highest BCUT2D eigenvalue weighted by atomic mass is 16.5. The van der Waals surface area contributed by atoms with Crippen molar-refractivity contribution in [2.75, 3.05) is 18.0 Å². The Bertz CT molecular complexity index is 414. The number of aromatic nitrogens is 2. The van der Waals surface area contributed by atoms with Gasteiger partial charge in [-0.25, -0.2) is 0 Å². The van der Waals surface area contributed by atoms with Gasteiger partial charge >= 0.3 is 0 Å². The molecule has 0 saturated carbocycles. The molecule has 100 valence electrons. The lowest BCUT2D eigenvalue weighted by Gasteiger charge is -2.24. The molecule has 0 N–H and O–H groups in total. The molecule has 1 aromatic heterocycles. The van der Waals surface area contributed by atoms with Crippen LogP contribution in [0, 0.1) is 5.41 Å². The standard InChI is InChI=1S/C13H21N3O2/c1-13(2,3)10(17)9-11-14-12(15-18-11)16-7-5-4-6-8-16/h4-9H2,1-3H3. The Balaban J connectivity index is 1.99. The van der Waals surface area contributed by atoms with Gasteiger partial charge in [0.25, 0.3) is 5.95 Å². The van der Waals surface area contributed by atoms with Crippen LogP contribution in [0.3, 0.4) is 0 Å². The average Bonchev–Trinajstić information content (AvgIpc) is 2.77. The molecule has 5 heteroatoms. The molecule has 1 aliphatic rings. The number of hydrogen-bond donors (Lipinski definition) is 0. The molecule has 0 amide bonds. The zero-order chi connectivity index (χ0) is 13.2. The SMILES string of the molecule is CC(C)(C)C(=O)Cc1nc(N2CCCCC2)no1. The molecule has 1 saturated heterocycles. The number of ketones is 1. The van der Waals surface area contributed by atoms with Gasteiger partial charge in [0.1, 0.15) is 5.78 Å². The number of hydrogen-bond acceptors (Lipinski definition) is 5. The fourth-order valence-corrected chi connectivity index (χ4v) is 1.94. The normalized spacial score (nSPS) is 16.9. The number of nitrogens with zero attached hydrogens (tertiary/aromatic N) is 3. The fraction of sp³-hybridized carbons (Fsp3) is 0.769. The summed E-state index contributed by atoms with van der Waals surface area (Å²) in [7, 11) is 0. The summed E-state index contributed by atoms with van der Waals surface area (Å²) in [6.45, 7) is 7.66. The average molecular weight is 251 g/mol. The highest BCUT2D eigenvalue weighted by Crippen LogP contribution is 2.20. The molecule has 0 radical (unpaired) electrons. The summed E-state index contributed by atoms with van der Waals surface area (Å²) >= 11 is 0. The number of carbonyl (C=O) groups is 1. The van der Waals surface area contributed by atoms with Crippen LogP contribution in [0.4, 0.5) is 5.95 Å². The predicted molar refractivity (Wildman–Crippen MR) is 68.5 cm³/mol. The second-order valence-electron chi connectivity index (χ2n) is 5.89. The van der Waals surface area contributed by atoms with Crippen LogP contribution in [0.25, 0.3) is 0 Å². The summed E-state index contributed by atoms with van der Waals surface area (Å²) < 4.78 is 5.16. The van der Waals surface area contributed by atoms with E-state index in [-0.39, 0.29) is 17.6 Å². The first-order valence-corrected chi connectivity index (χ1v) is 6.57. The number of carbonyl (C=O) groups excluding carboxylic acids is 1. The van der Waals surface area contributed by atoms with Crippen LogP contribution in [0.5, 0.6) is 0 Å². The Kier molecular flexibility index (Phi) is 3.68. The Hall–Kier alpha value is -1.39. The predicted octanol–water partition coefficient (Wildman–Crippen LogP) is 2.22. The van der Waals surface area contributed by atoms with Crippen LogP contribution in [-0.4, -0.2) is 29.0 Å². The minimum Gasteiger partial charge on any atom is -0.338 e. The molecule has 0 spiro atoms. The van der Waals surface area contributed by atoms with E-state index >= 15 is 0 Å². The molecule has 1 fully saturated rings. The van der Waals surface area contributed by atoms with Crippen molar-refractivity contribution in [2.45, 2.75) is 46.5 Å². The van der Waals surface area contributed by atoms with Crippen molar-refractivity contribution in [1.29, 1.82) is 0 Å². The minimum absolute atomic E-state index is 0.122. The number of rotatable bonds is 3. The molecule has 1 aliphatic heterocycles. The molecule has 18 heavy (non-hydrogen) atoms. The van der Waals surface area contributed by atoms with E-state index in [1.54, 1.807) is 0 Å². The first-order valence-electron chi connectivity index (χ1n) is 6.57. The lowest BCUT2D eigenvalue weighted by Crippen LogP contribution is -2.30. The van der Waals surface area contributed by atoms with Gasteiger partial charge in [0.2, 0.25) is 5.89 Å². The number of Topliss-reactive ketones (excluding diaryl/α,β-unsaturated/α-hetero) is 1. The van der Waals surface area contributed by atoms with Crippen molar-refractivity contribution in [1.82, 2.24) is 10.1 Å². The highest BCUT2D eigenvalue weighted by Gasteiger charge is 2.24. The Labute approximate surface area is 108 Å². The molecule has 0 bridgehead atoms. The maximum absolute atomic E-state index is 11.9. The summed E-state index contributed by atoms with van der Waals surface area (Å²) in [5.41, 5.74) is -0.361. The van der Waals surface area contributed by atoms with Crippen LogP contribution >= 0.6 is 0 Å². The van der Waals surface area contributed by atoms with E-state index in [0.29, 0.717) is 11.8 Å². The molecule has 2 rings (SSSR count). The van der Waals surface area contributed by atoms with Crippen LogP contribution < -0.4 is 4.90 Å². The number of piperidine rings is 1. The second-order valence-corrected chi connectivity index (χ2v) is 5.89. The highest BCUT2D eigenvalue weighted by molar-refractivity contribution is 5.84. The third-order valence-corrected chi connectivity index (χ3v) is 3.24.